The summed E-state index contributed by atoms with van der Waals surface area (Å²) in [6, 6.07) is 7.40. The molecular weight excluding hydrogens is 338 g/mol. The summed E-state index contributed by atoms with van der Waals surface area (Å²) >= 11 is 1.29. The topological polar surface area (TPSA) is 73.2 Å². The van der Waals surface area contributed by atoms with Gasteiger partial charge in [0.2, 0.25) is 5.91 Å². The van der Waals surface area contributed by atoms with Crippen LogP contribution in [0.3, 0.4) is 0 Å². The van der Waals surface area contributed by atoms with Crippen molar-refractivity contribution in [2.45, 2.75) is 50.5 Å². The van der Waals surface area contributed by atoms with Crippen molar-refractivity contribution >= 4 is 28.6 Å². The first-order chi connectivity index (χ1) is 12.0. The van der Waals surface area contributed by atoms with E-state index >= 15 is 0 Å². The van der Waals surface area contributed by atoms with Crippen molar-refractivity contribution in [3.05, 3.63) is 34.6 Å². The van der Waals surface area contributed by atoms with Gasteiger partial charge in [0.15, 0.2) is 5.16 Å². The Morgan fingerprint density at radius 1 is 1.44 bits per heavy atom. The third-order valence-electron chi connectivity index (χ3n) is 4.02. The van der Waals surface area contributed by atoms with Crippen LogP contribution >= 0.6 is 11.8 Å². The van der Waals surface area contributed by atoms with Crippen molar-refractivity contribution in [1.29, 1.82) is 0 Å². The zero-order valence-corrected chi connectivity index (χ0v) is 15.3. The van der Waals surface area contributed by atoms with Gasteiger partial charge in [-0.25, -0.2) is 4.98 Å². The maximum absolute atomic E-state index is 12.9. The molecule has 1 amide bonds. The van der Waals surface area contributed by atoms with Crippen molar-refractivity contribution in [1.82, 2.24) is 14.9 Å². The van der Waals surface area contributed by atoms with E-state index in [1.807, 2.05) is 32.0 Å². The number of carbonyl (C=O) groups is 1. The number of hydrogen-bond donors (Lipinski definition) is 1. The van der Waals surface area contributed by atoms with Crippen LogP contribution < -0.4 is 10.9 Å². The molecule has 0 radical (unpaired) electrons. The number of carbonyl (C=O) groups excluding carboxylic acids is 1. The highest BCUT2D eigenvalue weighted by Gasteiger charge is 2.20. The molecule has 7 heteroatoms. The first-order valence-electron chi connectivity index (χ1n) is 8.58. The Hall–Kier alpha value is -1.86. The number of nitrogens with one attached hydrogen (secondary N) is 1. The molecule has 134 valence electrons. The highest BCUT2D eigenvalue weighted by molar-refractivity contribution is 7.99. The van der Waals surface area contributed by atoms with Crippen molar-refractivity contribution in [3.63, 3.8) is 0 Å². The number of nitrogens with zero attached hydrogens (tertiary/aromatic N) is 2. The lowest BCUT2D eigenvalue weighted by Gasteiger charge is -2.16. The quantitative estimate of drug-likeness (QED) is 0.631. The molecule has 25 heavy (non-hydrogen) atoms. The molecule has 1 aliphatic heterocycles. The summed E-state index contributed by atoms with van der Waals surface area (Å²) in [6.45, 7) is 5.05. The van der Waals surface area contributed by atoms with Crippen molar-refractivity contribution in [3.8, 4) is 0 Å². The van der Waals surface area contributed by atoms with Gasteiger partial charge in [0.05, 0.1) is 29.3 Å². The van der Waals surface area contributed by atoms with Crippen LogP contribution in [0.25, 0.3) is 10.9 Å². The Morgan fingerprint density at radius 3 is 2.96 bits per heavy atom. The predicted octanol–water partition coefficient (Wildman–Crippen LogP) is 2.19. The molecule has 0 bridgehead atoms. The number of amides is 1. The van der Waals surface area contributed by atoms with Crippen LogP contribution in [0.4, 0.5) is 0 Å². The zero-order chi connectivity index (χ0) is 17.8. The summed E-state index contributed by atoms with van der Waals surface area (Å²) < 4.78 is 7.34. The minimum Gasteiger partial charge on any atom is -0.376 e. The molecule has 2 heterocycles. The van der Waals surface area contributed by atoms with E-state index in [1.165, 1.54) is 11.8 Å². The number of thioether (sulfide) groups is 1. The average Bonchev–Trinajstić information content (AvgIpc) is 3.08. The van der Waals surface area contributed by atoms with E-state index in [-0.39, 0.29) is 29.4 Å². The van der Waals surface area contributed by atoms with Gasteiger partial charge >= 0.3 is 0 Å². The standard InChI is InChI=1S/C18H23N3O3S/c1-12(2)19-16(22)11-25-18-20-15-8-4-3-7-14(15)17(23)21(18)10-13-6-5-9-24-13/h3-4,7-8,12-13H,5-6,9-11H2,1-2H3,(H,19,22). The number of fused-ring (bicyclic) bond motifs is 1. The van der Waals surface area contributed by atoms with Crippen LogP contribution in [-0.2, 0) is 16.1 Å². The first-order valence-corrected chi connectivity index (χ1v) is 9.56. The highest BCUT2D eigenvalue weighted by atomic mass is 32.2. The largest absolute Gasteiger partial charge is 0.376 e. The Balaban J connectivity index is 1.90. The third-order valence-corrected chi connectivity index (χ3v) is 5.00. The molecule has 1 N–H and O–H groups in total. The van der Waals surface area contributed by atoms with Crippen molar-refractivity contribution in [2.75, 3.05) is 12.4 Å². The lowest BCUT2D eigenvalue weighted by Crippen LogP contribution is -2.32. The van der Waals surface area contributed by atoms with Crippen LogP contribution in [-0.4, -0.2) is 40.0 Å². The molecule has 1 unspecified atom stereocenters. The molecule has 0 saturated carbocycles. The summed E-state index contributed by atoms with van der Waals surface area (Å²) in [4.78, 5) is 29.5. The smallest absolute Gasteiger partial charge is 0.262 e. The van der Waals surface area contributed by atoms with E-state index in [9.17, 15) is 9.59 Å². The Labute approximate surface area is 151 Å². The summed E-state index contributed by atoms with van der Waals surface area (Å²) in [6.07, 6.45) is 1.99. The van der Waals surface area contributed by atoms with Gasteiger partial charge in [0.25, 0.3) is 5.56 Å². The first kappa shape index (κ1) is 17.9. The molecule has 1 aliphatic rings. The van der Waals surface area contributed by atoms with E-state index in [4.69, 9.17) is 4.74 Å². The average molecular weight is 361 g/mol. The molecule has 2 aromatic rings. The van der Waals surface area contributed by atoms with Crippen LogP contribution in [0.15, 0.2) is 34.2 Å². The lowest BCUT2D eigenvalue weighted by molar-refractivity contribution is -0.119. The second-order valence-electron chi connectivity index (χ2n) is 6.47. The molecule has 6 nitrogen and oxygen atoms in total. The molecule has 0 aliphatic carbocycles. The molecular formula is C18H23N3O3S. The van der Waals surface area contributed by atoms with Gasteiger partial charge in [0, 0.05) is 12.6 Å². The van der Waals surface area contributed by atoms with Gasteiger partial charge in [0.1, 0.15) is 0 Å². The summed E-state index contributed by atoms with van der Waals surface area (Å²) in [7, 11) is 0. The third kappa shape index (κ3) is 4.41. The van der Waals surface area contributed by atoms with Crippen molar-refractivity contribution in [2.24, 2.45) is 0 Å². The van der Waals surface area contributed by atoms with Crippen LogP contribution in [0.5, 0.6) is 0 Å². The number of rotatable bonds is 6. The second-order valence-corrected chi connectivity index (χ2v) is 7.42. The minimum absolute atomic E-state index is 0.0319. The fraction of sp³-hybridized carbons (Fsp3) is 0.500. The molecule has 3 rings (SSSR count). The van der Waals surface area contributed by atoms with Gasteiger partial charge in [-0.2, -0.15) is 0 Å². The minimum atomic E-state index is -0.0760. The second kappa shape index (κ2) is 8.01. The molecule has 1 atom stereocenters. The van der Waals surface area contributed by atoms with Gasteiger partial charge in [-0.3, -0.25) is 14.2 Å². The maximum Gasteiger partial charge on any atom is 0.262 e. The normalized spacial score (nSPS) is 17.3. The zero-order valence-electron chi connectivity index (χ0n) is 14.5. The molecule has 0 spiro atoms. The van der Waals surface area contributed by atoms with Gasteiger partial charge in [-0.15, -0.1) is 0 Å². The fourth-order valence-electron chi connectivity index (χ4n) is 2.90. The molecule has 1 aromatic carbocycles. The number of aromatic nitrogens is 2. The summed E-state index contributed by atoms with van der Waals surface area (Å²) in [5.41, 5.74) is 0.579. The van der Waals surface area contributed by atoms with E-state index in [0.717, 1.165) is 19.4 Å². The fourth-order valence-corrected chi connectivity index (χ4v) is 3.72. The Morgan fingerprint density at radius 2 is 2.24 bits per heavy atom. The Bertz CT molecular complexity index is 813. The van der Waals surface area contributed by atoms with E-state index in [1.54, 1.807) is 10.6 Å². The number of hydrogen-bond acceptors (Lipinski definition) is 5. The van der Waals surface area contributed by atoms with Gasteiger partial charge in [-0.1, -0.05) is 23.9 Å². The maximum atomic E-state index is 12.9. The number of benzene rings is 1. The monoisotopic (exact) mass is 361 g/mol. The molecule has 1 fully saturated rings. The van der Waals surface area contributed by atoms with Crippen LogP contribution in [0.1, 0.15) is 26.7 Å². The number of ether oxygens (including phenoxy) is 1. The van der Waals surface area contributed by atoms with E-state index in [0.29, 0.717) is 22.6 Å². The Kier molecular flexibility index (Phi) is 5.75. The van der Waals surface area contributed by atoms with Gasteiger partial charge in [-0.05, 0) is 38.8 Å². The SMILES string of the molecule is CC(C)NC(=O)CSc1nc2ccccc2c(=O)n1CC1CCCO1. The van der Waals surface area contributed by atoms with Crippen LogP contribution in [0, 0.1) is 0 Å². The predicted molar refractivity (Wildman–Crippen MR) is 99.0 cm³/mol. The molecule has 1 saturated heterocycles. The van der Waals surface area contributed by atoms with Crippen LogP contribution in [0.2, 0.25) is 0 Å². The van der Waals surface area contributed by atoms with E-state index < -0.39 is 0 Å². The number of para-hydroxylation sites is 1. The summed E-state index contributed by atoms with van der Waals surface area (Å²) in [5, 5.41) is 4.02. The molecule has 1 aromatic heterocycles. The lowest BCUT2D eigenvalue weighted by atomic mass is 10.2. The van der Waals surface area contributed by atoms with Gasteiger partial charge < -0.3 is 10.1 Å². The van der Waals surface area contributed by atoms with E-state index in [2.05, 4.69) is 10.3 Å². The van der Waals surface area contributed by atoms with Crippen molar-refractivity contribution < 1.29 is 9.53 Å². The highest BCUT2D eigenvalue weighted by Crippen LogP contribution is 2.20. The summed E-state index contributed by atoms with van der Waals surface area (Å²) in [5.74, 6) is 0.167.